The molecule has 3 rings (SSSR count). The van der Waals surface area contributed by atoms with Crippen molar-refractivity contribution in [2.24, 2.45) is 16.8 Å². The lowest BCUT2D eigenvalue weighted by molar-refractivity contribution is 0.187. The second-order valence-electron chi connectivity index (χ2n) is 6.73. The molecule has 2 unspecified atom stereocenters. The molecule has 1 saturated heterocycles. The maximum atomic E-state index is 9.70. The van der Waals surface area contributed by atoms with E-state index >= 15 is 0 Å². The Kier molecular flexibility index (Phi) is 4.49. The van der Waals surface area contributed by atoms with Gasteiger partial charge in [0.05, 0.1) is 6.10 Å². The third-order valence-electron chi connectivity index (χ3n) is 5.18. The van der Waals surface area contributed by atoms with E-state index in [9.17, 15) is 5.11 Å². The summed E-state index contributed by atoms with van der Waals surface area (Å²) in [5, 5.41) is 13.4. The Balaban J connectivity index is 1.52. The lowest BCUT2D eigenvalue weighted by Gasteiger charge is -2.24. The first kappa shape index (κ1) is 14.2. The van der Waals surface area contributed by atoms with Crippen molar-refractivity contribution in [1.82, 2.24) is 10.2 Å². The number of hydrogen-bond donors (Lipinski definition) is 2. The topological polar surface area (TPSA) is 47.9 Å². The van der Waals surface area contributed by atoms with Gasteiger partial charge in [-0.15, -0.1) is 0 Å². The Labute approximate surface area is 122 Å². The monoisotopic (exact) mass is 279 g/mol. The Morgan fingerprint density at radius 3 is 2.70 bits per heavy atom. The number of nitrogens with zero attached hydrogens (tertiary/aromatic N) is 2. The van der Waals surface area contributed by atoms with Crippen LogP contribution in [0.4, 0.5) is 0 Å². The van der Waals surface area contributed by atoms with Gasteiger partial charge in [-0.25, -0.2) is 0 Å². The SMILES string of the molecule is CCN=C(NC1CC1C1CCCCC1)N1CC[C@@H](O)C1. The van der Waals surface area contributed by atoms with Crippen LogP contribution >= 0.6 is 0 Å². The lowest BCUT2D eigenvalue weighted by atomic mass is 9.85. The van der Waals surface area contributed by atoms with Crippen molar-refractivity contribution in [1.29, 1.82) is 0 Å². The van der Waals surface area contributed by atoms with E-state index in [1.165, 1.54) is 38.5 Å². The van der Waals surface area contributed by atoms with E-state index in [4.69, 9.17) is 0 Å². The minimum absolute atomic E-state index is 0.174. The molecule has 0 aromatic heterocycles. The standard InChI is InChI=1S/C16H29N3O/c1-2-17-16(19-9-8-13(20)11-19)18-15-10-14(15)12-6-4-3-5-7-12/h12-15,20H,2-11H2,1H3,(H,17,18)/t13-,14?,15?/m1/s1. The highest BCUT2D eigenvalue weighted by atomic mass is 16.3. The average Bonchev–Trinajstić information content (AvgIpc) is 3.11. The molecule has 2 saturated carbocycles. The minimum atomic E-state index is -0.174. The summed E-state index contributed by atoms with van der Waals surface area (Å²) in [5.41, 5.74) is 0. The van der Waals surface area contributed by atoms with Crippen molar-refractivity contribution >= 4 is 5.96 Å². The highest BCUT2D eigenvalue weighted by molar-refractivity contribution is 5.81. The number of β-amino-alcohol motifs (C(OH)–C–C–N with tert-alkyl or cyclic N) is 1. The molecule has 0 aromatic carbocycles. The van der Waals surface area contributed by atoms with Crippen LogP contribution in [0.5, 0.6) is 0 Å². The van der Waals surface area contributed by atoms with E-state index in [-0.39, 0.29) is 6.10 Å². The number of aliphatic imine (C=N–C) groups is 1. The van der Waals surface area contributed by atoms with Gasteiger partial charge in [-0.1, -0.05) is 32.1 Å². The Hall–Kier alpha value is -0.770. The summed E-state index contributed by atoms with van der Waals surface area (Å²) in [6.45, 7) is 4.58. The summed E-state index contributed by atoms with van der Waals surface area (Å²) in [7, 11) is 0. The zero-order chi connectivity index (χ0) is 13.9. The first-order valence-electron chi connectivity index (χ1n) is 8.52. The molecule has 4 heteroatoms. The van der Waals surface area contributed by atoms with Crippen LogP contribution in [0.15, 0.2) is 4.99 Å². The van der Waals surface area contributed by atoms with Crippen LogP contribution < -0.4 is 5.32 Å². The van der Waals surface area contributed by atoms with Gasteiger partial charge in [-0.2, -0.15) is 0 Å². The third-order valence-corrected chi connectivity index (χ3v) is 5.18. The van der Waals surface area contributed by atoms with Crippen molar-refractivity contribution in [3.8, 4) is 0 Å². The number of nitrogens with one attached hydrogen (secondary N) is 1. The van der Waals surface area contributed by atoms with Crippen LogP contribution in [0.3, 0.4) is 0 Å². The molecule has 3 aliphatic rings. The van der Waals surface area contributed by atoms with Crippen LogP contribution in [0.1, 0.15) is 51.9 Å². The molecule has 0 amide bonds. The van der Waals surface area contributed by atoms with Gasteiger partial charge < -0.3 is 15.3 Å². The summed E-state index contributed by atoms with van der Waals surface area (Å²) in [5.74, 6) is 2.87. The smallest absolute Gasteiger partial charge is 0.194 e. The molecular weight excluding hydrogens is 250 g/mol. The molecule has 0 bridgehead atoms. The predicted molar refractivity (Wildman–Crippen MR) is 81.8 cm³/mol. The van der Waals surface area contributed by atoms with E-state index in [2.05, 4.69) is 22.1 Å². The number of rotatable bonds is 3. The highest BCUT2D eigenvalue weighted by Gasteiger charge is 2.44. The van der Waals surface area contributed by atoms with Gasteiger partial charge in [0.2, 0.25) is 0 Å². The number of hydrogen-bond acceptors (Lipinski definition) is 2. The van der Waals surface area contributed by atoms with Crippen molar-refractivity contribution in [3.05, 3.63) is 0 Å². The molecule has 0 spiro atoms. The molecule has 3 atom stereocenters. The van der Waals surface area contributed by atoms with Crippen LogP contribution in [0, 0.1) is 11.8 Å². The second-order valence-corrected chi connectivity index (χ2v) is 6.73. The summed E-state index contributed by atoms with van der Waals surface area (Å²) in [6.07, 6.45) is 9.20. The van der Waals surface area contributed by atoms with Gasteiger partial charge in [-0.3, -0.25) is 4.99 Å². The molecule has 114 valence electrons. The van der Waals surface area contributed by atoms with Crippen LogP contribution in [0.2, 0.25) is 0 Å². The fourth-order valence-electron chi connectivity index (χ4n) is 3.95. The van der Waals surface area contributed by atoms with Crippen molar-refractivity contribution < 1.29 is 5.11 Å². The van der Waals surface area contributed by atoms with Gasteiger partial charge in [0, 0.05) is 25.7 Å². The highest BCUT2D eigenvalue weighted by Crippen LogP contribution is 2.44. The number of likely N-dealkylation sites (tertiary alicyclic amines) is 1. The zero-order valence-electron chi connectivity index (χ0n) is 12.7. The second kappa shape index (κ2) is 6.33. The van der Waals surface area contributed by atoms with Crippen molar-refractivity contribution in [2.75, 3.05) is 19.6 Å². The van der Waals surface area contributed by atoms with Gasteiger partial charge >= 0.3 is 0 Å². The zero-order valence-corrected chi connectivity index (χ0v) is 12.7. The van der Waals surface area contributed by atoms with Gasteiger partial charge in [-0.05, 0) is 31.6 Å². The van der Waals surface area contributed by atoms with E-state index in [0.717, 1.165) is 43.9 Å². The molecule has 0 aromatic rings. The molecular formula is C16H29N3O. The maximum absolute atomic E-state index is 9.70. The molecule has 20 heavy (non-hydrogen) atoms. The van der Waals surface area contributed by atoms with E-state index < -0.39 is 0 Å². The normalized spacial score (nSPS) is 35.4. The average molecular weight is 279 g/mol. The maximum Gasteiger partial charge on any atom is 0.194 e. The molecule has 1 aliphatic heterocycles. The summed E-state index contributed by atoms with van der Waals surface area (Å²) in [6, 6.07) is 0.640. The van der Waals surface area contributed by atoms with Crippen molar-refractivity contribution in [3.63, 3.8) is 0 Å². The number of aliphatic hydroxyl groups excluding tert-OH is 1. The van der Waals surface area contributed by atoms with Crippen LogP contribution in [-0.4, -0.2) is 47.7 Å². The molecule has 3 fully saturated rings. The molecule has 2 N–H and O–H groups in total. The summed E-state index contributed by atoms with van der Waals surface area (Å²) >= 11 is 0. The number of guanidine groups is 1. The third kappa shape index (κ3) is 3.27. The summed E-state index contributed by atoms with van der Waals surface area (Å²) < 4.78 is 0. The first-order valence-corrected chi connectivity index (χ1v) is 8.52. The van der Waals surface area contributed by atoms with Gasteiger partial charge in [0.1, 0.15) is 0 Å². The van der Waals surface area contributed by atoms with E-state index in [1.54, 1.807) is 0 Å². The first-order chi connectivity index (χ1) is 9.78. The Morgan fingerprint density at radius 1 is 1.25 bits per heavy atom. The Bertz CT molecular complexity index is 352. The molecule has 0 radical (unpaired) electrons. The van der Waals surface area contributed by atoms with Crippen LogP contribution in [-0.2, 0) is 0 Å². The summed E-state index contributed by atoms with van der Waals surface area (Å²) in [4.78, 5) is 6.85. The van der Waals surface area contributed by atoms with Gasteiger partial charge in [0.15, 0.2) is 5.96 Å². The van der Waals surface area contributed by atoms with Gasteiger partial charge in [0.25, 0.3) is 0 Å². The molecule has 2 aliphatic carbocycles. The molecule has 1 heterocycles. The fraction of sp³-hybridized carbons (Fsp3) is 0.938. The quantitative estimate of drug-likeness (QED) is 0.613. The van der Waals surface area contributed by atoms with E-state index in [0.29, 0.717) is 6.04 Å². The van der Waals surface area contributed by atoms with Crippen molar-refractivity contribution in [2.45, 2.75) is 64.0 Å². The fourth-order valence-corrected chi connectivity index (χ4v) is 3.95. The lowest BCUT2D eigenvalue weighted by Crippen LogP contribution is -2.42. The van der Waals surface area contributed by atoms with Crippen LogP contribution in [0.25, 0.3) is 0 Å². The number of aliphatic hydroxyl groups is 1. The molecule has 4 nitrogen and oxygen atoms in total. The largest absolute Gasteiger partial charge is 0.391 e. The van der Waals surface area contributed by atoms with E-state index in [1.807, 2.05) is 0 Å². The predicted octanol–water partition coefficient (Wildman–Crippen LogP) is 1.99. The minimum Gasteiger partial charge on any atom is -0.391 e. The Morgan fingerprint density at radius 2 is 2.05 bits per heavy atom.